The number of nitrogens with zero attached hydrogens (tertiary/aromatic N) is 3. The van der Waals surface area contributed by atoms with Crippen LogP contribution in [0, 0.1) is 0 Å². The molecule has 0 spiro atoms. The number of aromatic nitrogens is 3. The number of benzene rings is 1. The molecule has 1 aromatic carbocycles. The molecule has 0 aliphatic rings. The van der Waals surface area contributed by atoms with E-state index in [2.05, 4.69) is 32.4 Å². The van der Waals surface area contributed by atoms with Crippen LogP contribution in [-0.4, -0.2) is 22.0 Å². The molecule has 3 rings (SSSR count). The number of nitrogens with two attached hydrogens (primary N) is 1. The summed E-state index contributed by atoms with van der Waals surface area (Å²) in [5.41, 5.74) is 9.93. The van der Waals surface area contributed by atoms with E-state index >= 15 is 0 Å². The summed E-state index contributed by atoms with van der Waals surface area (Å²) < 4.78 is 0. The van der Waals surface area contributed by atoms with E-state index in [1.807, 2.05) is 25.2 Å². The molecule has 5 nitrogen and oxygen atoms in total. The average molecular weight is 279 g/mol. The Hall–Kier alpha value is -2.53. The molecule has 0 radical (unpaired) electrons. The van der Waals surface area contributed by atoms with Crippen LogP contribution < -0.4 is 11.1 Å². The monoisotopic (exact) mass is 279 g/mol. The second-order valence-electron chi connectivity index (χ2n) is 4.90. The number of likely N-dealkylation sites (N-methyl/N-ethyl adjacent to an activating group) is 1. The zero-order chi connectivity index (χ0) is 14.7. The summed E-state index contributed by atoms with van der Waals surface area (Å²) in [5, 5.41) is 3.33. The molecule has 2 aromatic heterocycles. The van der Waals surface area contributed by atoms with Crippen LogP contribution >= 0.6 is 0 Å². The van der Waals surface area contributed by atoms with E-state index in [0.29, 0.717) is 5.82 Å². The maximum Gasteiger partial charge on any atom is 0.126 e. The zero-order valence-electron chi connectivity index (χ0n) is 11.8. The first-order chi connectivity index (χ1) is 10.3. The Morgan fingerprint density at radius 1 is 1.05 bits per heavy atom. The molecular weight excluding hydrogens is 262 g/mol. The summed E-state index contributed by atoms with van der Waals surface area (Å²) in [6.45, 7) is 0. The number of hydrogen-bond donors (Lipinski definition) is 2. The van der Waals surface area contributed by atoms with E-state index in [9.17, 15) is 0 Å². The standard InChI is InChI=1S/C16H17N5/c1-18-14(10-12-3-2-6-21-16(12)17)11-4-5-13-15(9-11)20-8-7-19-13/h2-9,14,18H,10H2,1H3,(H2,17,21). The lowest BCUT2D eigenvalue weighted by Crippen LogP contribution is -2.19. The predicted octanol–water partition coefficient (Wildman–Crippen LogP) is 2.11. The smallest absolute Gasteiger partial charge is 0.126 e. The Labute approximate surface area is 123 Å². The lowest BCUT2D eigenvalue weighted by molar-refractivity contribution is 0.592. The van der Waals surface area contributed by atoms with E-state index in [-0.39, 0.29) is 6.04 Å². The maximum absolute atomic E-state index is 5.93. The molecule has 0 fully saturated rings. The SMILES string of the molecule is CNC(Cc1cccnc1N)c1ccc2nccnc2c1. The molecule has 1 atom stereocenters. The van der Waals surface area contributed by atoms with Crippen LogP contribution in [0.1, 0.15) is 17.2 Å². The molecule has 0 saturated carbocycles. The minimum absolute atomic E-state index is 0.155. The highest BCUT2D eigenvalue weighted by Crippen LogP contribution is 2.22. The zero-order valence-corrected chi connectivity index (χ0v) is 11.8. The first kappa shape index (κ1) is 13.5. The van der Waals surface area contributed by atoms with Crippen molar-refractivity contribution in [2.45, 2.75) is 12.5 Å². The largest absolute Gasteiger partial charge is 0.383 e. The molecule has 0 bridgehead atoms. The van der Waals surface area contributed by atoms with Crippen LogP contribution in [0.15, 0.2) is 48.9 Å². The van der Waals surface area contributed by atoms with Crippen molar-refractivity contribution in [3.8, 4) is 0 Å². The van der Waals surface area contributed by atoms with E-state index < -0.39 is 0 Å². The Morgan fingerprint density at radius 3 is 2.62 bits per heavy atom. The highest BCUT2D eigenvalue weighted by Gasteiger charge is 2.13. The number of rotatable bonds is 4. The number of hydrogen-bond acceptors (Lipinski definition) is 5. The third kappa shape index (κ3) is 2.83. The van der Waals surface area contributed by atoms with E-state index in [1.54, 1.807) is 18.6 Å². The van der Waals surface area contributed by atoms with Gasteiger partial charge in [-0.15, -0.1) is 0 Å². The fourth-order valence-electron chi connectivity index (χ4n) is 2.43. The second kappa shape index (κ2) is 5.85. The molecule has 0 saturated heterocycles. The number of pyridine rings is 1. The van der Waals surface area contributed by atoms with E-state index in [1.165, 1.54) is 0 Å². The van der Waals surface area contributed by atoms with Gasteiger partial charge in [0.2, 0.25) is 0 Å². The summed E-state index contributed by atoms with van der Waals surface area (Å²) in [6.07, 6.45) is 5.90. The normalized spacial score (nSPS) is 12.4. The van der Waals surface area contributed by atoms with Gasteiger partial charge in [0.25, 0.3) is 0 Å². The third-order valence-corrected chi connectivity index (χ3v) is 3.59. The van der Waals surface area contributed by atoms with Gasteiger partial charge in [0.1, 0.15) is 5.82 Å². The first-order valence-electron chi connectivity index (χ1n) is 6.85. The van der Waals surface area contributed by atoms with Crippen molar-refractivity contribution < 1.29 is 0 Å². The van der Waals surface area contributed by atoms with Gasteiger partial charge in [-0.3, -0.25) is 9.97 Å². The molecule has 1 unspecified atom stereocenters. The second-order valence-corrected chi connectivity index (χ2v) is 4.90. The predicted molar refractivity (Wildman–Crippen MR) is 83.7 cm³/mol. The van der Waals surface area contributed by atoms with Gasteiger partial charge in [0.15, 0.2) is 0 Å². The summed E-state index contributed by atoms with van der Waals surface area (Å²) in [4.78, 5) is 12.8. The van der Waals surface area contributed by atoms with E-state index in [0.717, 1.165) is 28.6 Å². The van der Waals surface area contributed by atoms with Crippen molar-refractivity contribution in [2.24, 2.45) is 0 Å². The summed E-state index contributed by atoms with van der Waals surface area (Å²) in [7, 11) is 1.94. The maximum atomic E-state index is 5.93. The third-order valence-electron chi connectivity index (χ3n) is 3.59. The van der Waals surface area contributed by atoms with Gasteiger partial charge in [-0.2, -0.15) is 0 Å². The van der Waals surface area contributed by atoms with Gasteiger partial charge in [-0.05, 0) is 42.8 Å². The summed E-state index contributed by atoms with van der Waals surface area (Å²) in [6, 6.07) is 10.2. The van der Waals surface area contributed by atoms with Crippen molar-refractivity contribution in [1.82, 2.24) is 20.3 Å². The van der Waals surface area contributed by atoms with Crippen molar-refractivity contribution in [3.05, 3.63) is 60.0 Å². The fourth-order valence-corrected chi connectivity index (χ4v) is 2.43. The van der Waals surface area contributed by atoms with Crippen LogP contribution in [0.3, 0.4) is 0 Å². The molecule has 0 aliphatic carbocycles. The average Bonchev–Trinajstić information content (AvgIpc) is 2.54. The van der Waals surface area contributed by atoms with Crippen molar-refractivity contribution in [2.75, 3.05) is 12.8 Å². The minimum Gasteiger partial charge on any atom is -0.383 e. The van der Waals surface area contributed by atoms with Gasteiger partial charge in [0.05, 0.1) is 11.0 Å². The fraction of sp³-hybridized carbons (Fsp3) is 0.188. The molecule has 2 heterocycles. The molecule has 3 N–H and O–H groups in total. The van der Waals surface area contributed by atoms with E-state index in [4.69, 9.17) is 5.73 Å². The van der Waals surface area contributed by atoms with Crippen molar-refractivity contribution in [1.29, 1.82) is 0 Å². The van der Waals surface area contributed by atoms with Crippen molar-refractivity contribution in [3.63, 3.8) is 0 Å². The highest BCUT2D eigenvalue weighted by molar-refractivity contribution is 5.74. The molecule has 21 heavy (non-hydrogen) atoms. The highest BCUT2D eigenvalue weighted by atomic mass is 14.9. The van der Waals surface area contributed by atoms with Gasteiger partial charge in [0, 0.05) is 24.6 Å². The first-order valence-corrected chi connectivity index (χ1v) is 6.85. The van der Waals surface area contributed by atoms with Gasteiger partial charge in [-0.1, -0.05) is 12.1 Å². The number of nitrogen functional groups attached to an aromatic ring is 1. The quantitative estimate of drug-likeness (QED) is 0.765. The summed E-state index contributed by atoms with van der Waals surface area (Å²) in [5.74, 6) is 0.582. The van der Waals surface area contributed by atoms with Gasteiger partial charge >= 0.3 is 0 Å². The molecule has 106 valence electrons. The van der Waals surface area contributed by atoms with Crippen LogP contribution in [-0.2, 0) is 6.42 Å². The lowest BCUT2D eigenvalue weighted by Gasteiger charge is -2.17. The number of fused-ring (bicyclic) bond motifs is 1. The minimum atomic E-state index is 0.155. The molecule has 0 aliphatic heterocycles. The van der Waals surface area contributed by atoms with Gasteiger partial charge in [-0.25, -0.2) is 4.98 Å². The molecule has 3 aromatic rings. The Kier molecular flexibility index (Phi) is 3.75. The van der Waals surface area contributed by atoms with Crippen LogP contribution in [0.25, 0.3) is 11.0 Å². The van der Waals surface area contributed by atoms with Crippen LogP contribution in [0.5, 0.6) is 0 Å². The molecule has 0 amide bonds. The molecular formula is C16H17N5. The number of anilines is 1. The number of nitrogens with one attached hydrogen (secondary N) is 1. The Balaban J connectivity index is 1.93. The topological polar surface area (TPSA) is 76.7 Å². The summed E-state index contributed by atoms with van der Waals surface area (Å²) >= 11 is 0. The molecule has 5 heteroatoms. The Morgan fingerprint density at radius 2 is 1.86 bits per heavy atom. The lowest BCUT2D eigenvalue weighted by atomic mass is 9.99. The Bertz CT molecular complexity index is 756. The van der Waals surface area contributed by atoms with Gasteiger partial charge < -0.3 is 11.1 Å². The van der Waals surface area contributed by atoms with Crippen molar-refractivity contribution >= 4 is 16.9 Å². The van der Waals surface area contributed by atoms with Crippen LogP contribution in [0.2, 0.25) is 0 Å². The van der Waals surface area contributed by atoms with Crippen LogP contribution in [0.4, 0.5) is 5.82 Å².